The smallest absolute Gasteiger partial charge is 0.305 e. The molecule has 7 heteroatoms. The van der Waals surface area contributed by atoms with E-state index in [9.17, 15) is 4.79 Å². The summed E-state index contributed by atoms with van der Waals surface area (Å²) in [5, 5.41) is 6.58. The molecule has 0 fully saturated rings. The fraction of sp³-hybridized carbons (Fsp3) is 0.556. The molecule has 0 saturated heterocycles. The number of ether oxygens (including phenoxy) is 2. The maximum atomic E-state index is 11.0. The molecule has 25 heavy (non-hydrogen) atoms. The summed E-state index contributed by atoms with van der Waals surface area (Å²) < 4.78 is 9.76. The topological polar surface area (TPSA) is 72.0 Å². The van der Waals surface area contributed by atoms with Gasteiger partial charge in [-0.2, -0.15) is 0 Å². The van der Waals surface area contributed by atoms with Gasteiger partial charge in [-0.25, -0.2) is 0 Å². The summed E-state index contributed by atoms with van der Waals surface area (Å²) >= 11 is 0. The van der Waals surface area contributed by atoms with Crippen LogP contribution in [0.25, 0.3) is 0 Å². The lowest BCUT2D eigenvalue weighted by Gasteiger charge is -2.12. The number of carbonyl (C=O) groups is 1. The molecule has 0 heterocycles. The number of esters is 1. The zero-order valence-corrected chi connectivity index (χ0v) is 17.7. The molecule has 0 saturated carbocycles. The first-order valence-electron chi connectivity index (χ1n) is 8.34. The van der Waals surface area contributed by atoms with E-state index in [1.165, 1.54) is 12.7 Å². The second kappa shape index (κ2) is 14.8. The minimum atomic E-state index is -0.128. The van der Waals surface area contributed by atoms with Crippen LogP contribution in [0.15, 0.2) is 29.3 Å². The minimum Gasteiger partial charge on any atom is -0.497 e. The van der Waals surface area contributed by atoms with Gasteiger partial charge in [0, 0.05) is 26.6 Å². The molecule has 0 aliphatic heterocycles. The number of halogens is 1. The van der Waals surface area contributed by atoms with Gasteiger partial charge in [-0.3, -0.25) is 9.79 Å². The van der Waals surface area contributed by atoms with E-state index in [4.69, 9.17) is 4.74 Å². The third kappa shape index (κ3) is 10.9. The lowest BCUT2D eigenvalue weighted by atomic mass is 10.1. The van der Waals surface area contributed by atoms with Crippen molar-refractivity contribution in [2.75, 3.05) is 27.8 Å². The highest BCUT2D eigenvalue weighted by Crippen LogP contribution is 2.10. The van der Waals surface area contributed by atoms with E-state index in [0.717, 1.165) is 43.9 Å². The number of guanidine groups is 1. The van der Waals surface area contributed by atoms with Crippen LogP contribution in [0.1, 0.15) is 37.7 Å². The molecule has 1 aromatic rings. The van der Waals surface area contributed by atoms with Crippen molar-refractivity contribution in [1.82, 2.24) is 10.6 Å². The van der Waals surface area contributed by atoms with Gasteiger partial charge in [0.1, 0.15) is 5.75 Å². The summed E-state index contributed by atoms with van der Waals surface area (Å²) in [6.07, 6.45) is 4.56. The van der Waals surface area contributed by atoms with Crippen LogP contribution >= 0.6 is 24.0 Å². The van der Waals surface area contributed by atoms with Crippen molar-refractivity contribution in [3.8, 4) is 5.75 Å². The molecule has 0 aliphatic carbocycles. The molecule has 0 unspecified atom stereocenters. The fourth-order valence-electron chi connectivity index (χ4n) is 2.21. The summed E-state index contributed by atoms with van der Waals surface area (Å²) in [5.41, 5.74) is 1.17. The Balaban J connectivity index is 0.00000576. The van der Waals surface area contributed by atoms with E-state index in [1.807, 2.05) is 24.3 Å². The third-order valence-electron chi connectivity index (χ3n) is 3.67. The van der Waals surface area contributed by atoms with Crippen LogP contribution in [-0.2, 0) is 16.1 Å². The van der Waals surface area contributed by atoms with Gasteiger partial charge >= 0.3 is 5.97 Å². The van der Waals surface area contributed by atoms with E-state index >= 15 is 0 Å². The summed E-state index contributed by atoms with van der Waals surface area (Å²) in [7, 11) is 4.85. The molecule has 1 aromatic carbocycles. The average molecular weight is 463 g/mol. The predicted molar refractivity (Wildman–Crippen MR) is 112 cm³/mol. The van der Waals surface area contributed by atoms with Crippen LogP contribution in [0.2, 0.25) is 0 Å². The first-order chi connectivity index (χ1) is 11.7. The Bertz CT molecular complexity index is 507. The van der Waals surface area contributed by atoms with Crippen molar-refractivity contribution in [2.24, 2.45) is 4.99 Å². The Morgan fingerprint density at radius 2 is 1.72 bits per heavy atom. The number of carbonyl (C=O) groups excluding carboxylic acids is 1. The third-order valence-corrected chi connectivity index (χ3v) is 3.67. The number of benzene rings is 1. The van der Waals surface area contributed by atoms with Crippen LogP contribution in [0.4, 0.5) is 0 Å². The normalized spacial score (nSPS) is 10.6. The van der Waals surface area contributed by atoms with Gasteiger partial charge < -0.3 is 20.1 Å². The Labute approximate surface area is 167 Å². The van der Waals surface area contributed by atoms with Crippen LogP contribution < -0.4 is 15.4 Å². The van der Waals surface area contributed by atoms with Gasteiger partial charge in [0.2, 0.25) is 0 Å². The van der Waals surface area contributed by atoms with Gasteiger partial charge in [-0.1, -0.05) is 25.0 Å². The molecule has 0 aromatic heterocycles. The minimum absolute atomic E-state index is 0. The first kappa shape index (κ1) is 23.5. The maximum absolute atomic E-state index is 11.0. The number of hydrogen-bond acceptors (Lipinski definition) is 4. The second-order valence-corrected chi connectivity index (χ2v) is 5.44. The van der Waals surface area contributed by atoms with E-state index in [1.54, 1.807) is 14.2 Å². The fourth-order valence-corrected chi connectivity index (χ4v) is 2.21. The van der Waals surface area contributed by atoms with Crippen LogP contribution in [0.3, 0.4) is 0 Å². The highest BCUT2D eigenvalue weighted by Gasteiger charge is 2.01. The van der Waals surface area contributed by atoms with Crippen LogP contribution in [0.5, 0.6) is 5.75 Å². The van der Waals surface area contributed by atoms with Crippen LogP contribution in [0, 0.1) is 0 Å². The molecule has 0 bridgehead atoms. The van der Waals surface area contributed by atoms with Gasteiger partial charge in [0.15, 0.2) is 5.96 Å². The van der Waals surface area contributed by atoms with E-state index in [2.05, 4.69) is 20.4 Å². The molecule has 0 radical (unpaired) electrons. The summed E-state index contributed by atoms with van der Waals surface area (Å²) in [6, 6.07) is 7.95. The van der Waals surface area contributed by atoms with Gasteiger partial charge in [0.05, 0.1) is 14.2 Å². The van der Waals surface area contributed by atoms with Gasteiger partial charge in [-0.15, -0.1) is 24.0 Å². The number of unbranched alkanes of at least 4 members (excludes halogenated alkanes) is 3. The summed E-state index contributed by atoms with van der Waals surface area (Å²) in [4.78, 5) is 15.2. The highest BCUT2D eigenvalue weighted by atomic mass is 127. The number of rotatable bonds is 10. The van der Waals surface area contributed by atoms with Crippen molar-refractivity contribution in [3.63, 3.8) is 0 Å². The van der Waals surface area contributed by atoms with Crippen molar-refractivity contribution < 1.29 is 14.3 Å². The van der Waals surface area contributed by atoms with Crippen molar-refractivity contribution >= 4 is 35.9 Å². The average Bonchev–Trinajstić information content (AvgIpc) is 2.63. The molecular weight excluding hydrogens is 433 g/mol. The Hall–Kier alpha value is -1.51. The lowest BCUT2D eigenvalue weighted by molar-refractivity contribution is -0.140. The van der Waals surface area contributed by atoms with Crippen molar-refractivity contribution in [3.05, 3.63) is 29.8 Å². The van der Waals surface area contributed by atoms with Gasteiger partial charge in [0.25, 0.3) is 0 Å². The largest absolute Gasteiger partial charge is 0.497 e. The van der Waals surface area contributed by atoms with E-state index < -0.39 is 0 Å². The highest BCUT2D eigenvalue weighted by molar-refractivity contribution is 14.0. The molecule has 0 aliphatic rings. The Kier molecular flexibility index (Phi) is 13.9. The van der Waals surface area contributed by atoms with Crippen LogP contribution in [-0.4, -0.2) is 39.7 Å². The van der Waals surface area contributed by atoms with E-state index in [-0.39, 0.29) is 29.9 Å². The van der Waals surface area contributed by atoms with Gasteiger partial charge in [-0.05, 0) is 30.5 Å². The zero-order valence-electron chi connectivity index (χ0n) is 15.3. The number of hydrogen-bond donors (Lipinski definition) is 2. The van der Waals surface area contributed by atoms with Crippen molar-refractivity contribution in [2.45, 2.75) is 38.6 Å². The van der Waals surface area contributed by atoms with E-state index in [0.29, 0.717) is 13.0 Å². The molecule has 1 rings (SSSR count). The Morgan fingerprint density at radius 1 is 1.04 bits per heavy atom. The first-order valence-corrected chi connectivity index (χ1v) is 8.34. The number of nitrogens with zero attached hydrogens (tertiary/aromatic N) is 1. The number of nitrogens with one attached hydrogen (secondary N) is 2. The molecule has 0 amide bonds. The molecule has 6 nitrogen and oxygen atoms in total. The standard InChI is InChI=1S/C18H29N3O3.HI/c1-19-18(20-13-7-5-4-6-8-17(22)24-3)21-14-15-9-11-16(23-2)12-10-15;/h9-12H,4-8,13-14H2,1-3H3,(H2,19,20,21);1H. The number of aliphatic imine (C=N–C) groups is 1. The molecular formula is C18H30IN3O3. The second-order valence-electron chi connectivity index (χ2n) is 5.44. The maximum Gasteiger partial charge on any atom is 0.305 e. The monoisotopic (exact) mass is 463 g/mol. The predicted octanol–water partition coefficient (Wildman–Crippen LogP) is 3.10. The van der Waals surface area contributed by atoms with Crippen molar-refractivity contribution in [1.29, 1.82) is 0 Å². The molecule has 0 atom stereocenters. The SMILES string of the molecule is CN=C(NCCCCCCC(=O)OC)NCc1ccc(OC)cc1.I. The number of methoxy groups -OCH3 is 2. The molecule has 2 N–H and O–H groups in total. The Morgan fingerprint density at radius 3 is 2.32 bits per heavy atom. The quantitative estimate of drug-likeness (QED) is 0.184. The summed E-state index contributed by atoms with van der Waals surface area (Å²) in [5.74, 6) is 1.52. The zero-order chi connectivity index (χ0) is 17.6. The lowest BCUT2D eigenvalue weighted by Crippen LogP contribution is -2.37. The molecule has 0 spiro atoms. The summed E-state index contributed by atoms with van der Waals surface area (Å²) in [6.45, 7) is 1.57. The molecule has 142 valence electrons.